The number of piperazine rings is 1. The molecule has 1 amide bonds. The molecule has 0 atom stereocenters. The van der Waals surface area contributed by atoms with Gasteiger partial charge in [-0.2, -0.15) is 0 Å². The van der Waals surface area contributed by atoms with E-state index in [1.165, 1.54) is 0 Å². The van der Waals surface area contributed by atoms with E-state index in [9.17, 15) is 14.7 Å². The standard InChI is InChI=1S/C27H30N4O4/c1-35-24-8-3-2-5-19(24)17-30-11-13-31(14-12-30)25-16-22(27(33)34)21-15-20(9-10-23(21)29-25)28-26(32)18-6-4-7-18/h2-3,5,8-10,15-16,18H,4,6-7,11-14,17H2,1H3,(H,28,32)(H,33,34). The number of hydrogen-bond donors (Lipinski definition) is 2. The molecule has 182 valence electrons. The maximum absolute atomic E-state index is 12.3. The summed E-state index contributed by atoms with van der Waals surface area (Å²) in [7, 11) is 1.69. The van der Waals surface area contributed by atoms with E-state index < -0.39 is 5.97 Å². The first kappa shape index (κ1) is 23.1. The normalized spacial score (nSPS) is 16.7. The average molecular weight is 475 g/mol. The monoisotopic (exact) mass is 474 g/mol. The van der Waals surface area contributed by atoms with Gasteiger partial charge in [0.25, 0.3) is 0 Å². The van der Waals surface area contributed by atoms with Gasteiger partial charge in [-0.05, 0) is 43.2 Å². The van der Waals surface area contributed by atoms with Crippen molar-refractivity contribution in [3.8, 4) is 5.75 Å². The minimum absolute atomic E-state index is 0.00282. The zero-order valence-electron chi connectivity index (χ0n) is 19.9. The van der Waals surface area contributed by atoms with Crippen molar-refractivity contribution in [2.24, 2.45) is 5.92 Å². The minimum atomic E-state index is -1.00. The molecule has 0 unspecified atom stereocenters. The quantitative estimate of drug-likeness (QED) is 0.534. The van der Waals surface area contributed by atoms with Gasteiger partial charge in [0.05, 0.1) is 18.2 Å². The summed E-state index contributed by atoms with van der Waals surface area (Å²) in [5.74, 6) is 0.615. The number of amides is 1. The summed E-state index contributed by atoms with van der Waals surface area (Å²) in [6.07, 6.45) is 2.91. The molecular weight excluding hydrogens is 444 g/mol. The Morgan fingerprint density at radius 2 is 1.86 bits per heavy atom. The van der Waals surface area contributed by atoms with Crippen molar-refractivity contribution in [3.63, 3.8) is 0 Å². The van der Waals surface area contributed by atoms with E-state index >= 15 is 0 Å². The maximum atomic E-state index is 12.3. The first-order valence-electron chi connectivity index (χ1n) is 12.1. The molecule has 1 aromatic heterocycles. The molecule has 2 aliphatic rings. The summed E-state index contributed by atoms with van der Waals surface area (Å²) in [6, 6.07) is 15.0. The number of pyridine rings is 1. The zero-order valence-corrected chi connectivity index (χ0v) is 19.9. The summed E-state index contributed by atoms with van der Waals surface area (Å²) in [4.78, 5) is 33.7. The van der Waals surface area contributed by atoms with Crippen LogP contribution in [0.1, 0.15) is 35.2 Å². The van der Waals surface area contributed by atoms with Crippen LogP contribution in [0.25, 0.3) is 10.9 Å². The van der Waals surface area contributed by atoms with Gasteiger partial charge >= 0.3 is 5.97 Å². The van der Waals surface area contributed by atoms with Crippen molar-refractivity contribution in [1.29, 1.82) is 0 Å². The molecule has 3 aromatic rings. The highest BCUT2D eigenvalue weighted by molar-refractivity contribution is 6.05. The first-order valence-corrected chi connectivity index (χ1v) is 12.1. The highest BCUT2D eigenvalue weighted by atomic mass is 16.5. The molecule has 0 radical (unpaired) electrons. The molecule has 0 spiro atoms. The molecule has 1 saturated heterocycles. The number of hydrogen-bond acceptors (Lipinski definition) is 6. The number of benzene rings is 2. The fourth-order valence-corrected chi connectivity index (χ4v) is 4.75. The number of methoxy groups -OCH3 is 1. The lowest BCUT2D eigenvalue weighted by atomic mass is 9.85. The summed E-state index contributed by atoms with van der Waals surface area (Å²) < 4.78 is 5.48. The van der Waals surface area contributed by atoms with Crippen LogP contribution in [-0.4, -0.2) is 60.2 Å². The Morgan fingerprint density at radius 3 is 2.54 bits per heavy atom. The van der Waals surface area contributed by atoms with Crippen LogP contribution >= 0.6 is 0 Å². The Kier molecular flexibility index (Phi) is 6.55. The summed E-state index contributed by atoms with van der Waals surface area (Å²) in [6.45, 7) is 3.99. The Labute approximate surface area is 204 Å². The SMILES string of the molecule is COc1ccccc1CN1CCN(c2cc(C(=O)O)c3cc(NC(=O)C4CCC4)ccc3n2)CC1. The number of carboxylic acid groups (broad SMARTS) is 1. The van der Waals surface area contributed by atoms with E-state index in [0.717, 1.165) is 63.3 Å². The topological polar surface area (TPSA) is 95.0 Å². The molecule has 2 N–H and O–H groups in total. The highest BCUT2D eigenvalue weighted by Crippen LogP contribution is 2.30. The van der Waals surface area contributed by atoms with Crippen molar-refractivity contribution < 1.29 is 19.4 Å². The molecule has 8 heteroatoms. The van der Waals surface area contributed by atoms with Gasteiger partial charge in [0.2, 0.25) is 5.91 Å². The molecular formula is C27H30N4O4. The third-order valence-electron chi connectivity index (χ3n) is 7.05. The highest BCUT2D eigenvalue weighted by Gasteiger charge is 2.26. The van der Waals surface area contributed by atoms with Crippen molar-refractivity contribution in [2.75, 3.05) is 43.5 Å². The van der Waals surface area contributed by atoms with Crippen LogP contribution in [0.5, 0.6) is 5.75 Å². The van der Waals surface area contributed by atoms with Crippen molar-refractivity contribution in [1.82, 2.24) is 9.88 Å². The van der Waals surface area contributed by atoms with Gasteiger partial charge in [0.1, 0.15) is 11.6 Å². The predicted molar refractivity (Wildman–Crippen MR) is 135 cm³/mol. The Morgan fingerprint density at radius 1 is 1.09 bits per heavy atom. The molecule has 1 aliphatic carbocycles. The van der Waals surface area contributed by atoms with Crippen LogP contribution in [0.15, 0.2) is 48.5 Å². The van der Waals surface area contributed by atoms with Gasteiger partial charge in [-0.3, -0.25) is 9.69 Å². The van der Waals surface area contributed by atoms with Crippen molar-refractivity contribution in [3.05, 3.63) is 59.7 Å². The molecule has 1 aliphatic heterocycles. The fourth-order valence-electron chi connectivity index (χ4n) is 4.75. The summed E-state index contributed by atoms with van der Waals surface area (Å²) in [5.41, 5.74) is 2.57. The van der Waals surface area contributed by atoms with E-state index in [4.69, 9.17) is 9.72 Å². The van der Waals surface area contributed by atoms with Gasteiger partial charge < -0.3 is 20.1 Å². The van der Waals surface area contributed by atoms with E-state index in [2.05, 4.69) is 21.2 Å². The van der Waals surface area contributed by atoms with Crippen molar-refractivity contribution >= 4 is 34.3 Å². The molecule has 5 rings (SSSR count). The Hall–Kier alpha value is -3.65. The summed E-state index contributed by atoms with van der Waals surface area (Å²) in [5, 5.41) is 13.4. The molecule has 0 bridgehead atoms. The number of carboxylic acids is 1. The minimum Gasteiger partial charge on any atom is -0.496 e. The molecule has 35 heavy (non-hydrogen) atoms. The zero-order chi connectivity index (χ0) is 24.4. The predicted octanol–water partition coefficient (Wildman–Crippen LogP) is 4.00. The fraction of sp³-hybridized carbons (Fsp3) is 0.370. The van der Waals surface area contributed by atoms with Gasteiger partial charge in [0, 0.05) is 55.3 Å². The van der Waals surface area contributed by atoms with Gasteiger partial charge in [0.15, 0.2) is 0 Å². The number of fused-ring (bicyclic) bond motifs is 1. The number of carbonyl (C=O) groups is 2. The molecule has 8 nitrogen and oxygen atoms in total. The lowest BCUT2D eigenvalue weighted by molar-refractivity contribution is -0.122. The Bertz CT molecular complexity index is 1250. The van der Waals surface area contributed by atoms with Crippen LogP contribution in [-0.2, 0) is 11.3 Å². The van der Waals surface area contributed by atoms with E-state index in [0.29, 0.717) is 22.4 Å². The van der Waals surface area contributed by atoms with Gasteiger partial charge in [-0.15, -0.1) is 0 Å². The largest absolute Gasteiger partial charge is 0.496 e. The molecule has 2 aromatic carbocycles. The van der Waals surface area contributed by atoms with Crippen LogP contribution in [0.3, 0.4) is 0 Å². The number of nitrogens with zero attached hydrogens (tertiary/aromatic N) is 3. The maximum Gasteiger partial charge on any atom is 0.336 e. The second kappa shape index (κ2) is 9.92. The van der Waals surface area contributed by atoms with E-state index in [1.807, 2.05) is 18.2 Å². The lowest BCUT2D eigenvalue weighted by Crippen LogP contribution is -2.46. The number of rotatable bonds is 7. The number of ether oxygens (including phenoxy) is 1. The first-order chi connectivity index (χ1) is 17.0. The number of nitrogens with one attached hydrogen (secondary N) is 1. The molecule has 2 heterocycles. The second-order valence-corrected chi connectivity index (χ2v) is 9.26. The van der Waals surface area contributed by atoms with Crippen LogP contribution in [0.2, 0.25) is 0 Å². The smallest absolute Gasteiger partial charge is 0.336 e. The second-order valence-electron chi connectivity index (χ2n) is 9.26. The average Bonchev–Trinajstić information content (AvgIpc) is 2.83. The van der Waals surface area contributed by atoms with E-state index in [1.54, 1.807) is 31.4 Å². The number of anilines is 2. The van der Waals surface area contributed by atoms with Crippen LogP contribution < -0.4 is 15.0 Å². The third-order valence-corrected chi connectivity index (χ3v) is 7.05. The number of carbonyl (C=O) groups excluding carboxylic acids is 1. The Balaban J connectivity index is 1.31. The molecule has 2 fully saturated rings. The lowest BCUT2D eigenvalue weighted by Gasteiger charge is -2.35. The van der Waals surface area contributed by atoms with Crippen LogP contribution in [0, 0.1) is 5.92 Å². The van der Waals surface area contributed by atoms with Gasteiger partial charge in [-0.25, -0.2) is 9.78 Å². The van der Waals surface area contributed by atoms with E-state index in [-0.39, 0.29) is 17.4 Å². The third kappa shape index (κ3) is 4.93. The van der Waals surface area contributed by atoms with Crippen molar-refractivity contribution in [2.45, 2.75) is 25.8 Å². The number of aromatic carboxylic acids is 1. The van der Waals surface area contributed by atoms with Gasteiger partial charge in [-0.1, -0.05) is 24.6 Å². The summed E-state index contributed by atoms with van der Waals surface area (Å²) >= 11 is 0. The number of aromatic nitrogens is 1. The molecule has 1 saturated carbocycles. The van der Waals surface area contributed by atoms with Crippen LogP contribution in [0.4, 0.5) is 11.5 Å². The number of para-hydroxylation sites is 1.